The van der Waals surface area contributed by atoms with E-state index in [2.05, 4.69) is 18.3 Å². The maximum absolute atomic E-state index is 12.1. The minimum absolute atomic E-state index is 0.00305. The molecule has 2 aromatic rings. The molecule has 1 N–H and O–H groups in total. The van der Waals surface area contributed by atoms with Gasteiger partial charge < -0.3 is 19.7 Å². The van der Waals surface area contributed by atoms with Crippen molar-refractivity contribution in [3.8, 4) is 5.75 Å². The van der Waals surface area contributed by atoms with E-state index in [9.17, 15) is 4.79 Å². The molecule has 5 nitrogen and oxygen atoms in total. The highest BCUT2D eigenvalue weighted by Gasteiger charge is 2.27. The van der Waals surface area contributed by atoms with E-state index in [0.29, 0.717) is 13.1 Å². The number of carbonyl (C=O) groups is 1. The molecule has 0 radical (unpaired) electrons. The maximum atomic E-state index is 12.1. The molecule has 0 saturated carbocycles. The summed E-state index contributed by atoms with van der Waals surface area (Å²) in [6, 6.07) is 17.9. The van der Waals surface area contributed by atoms with Gasteiger partial charge in [0.2, 0.25) is 0 Å². The molecule has 1 aliphatic rings. The number of benzene rings is 2. The van der Waals surface area contributed by atoms with Crippen molar-refractivity contribution < 1.29 is 14.3 Å². The van der Waals surface area contributed by atoms with Gasteiger partial charge in [-0.1, -0.05) is 30.3 Å². The molecule has 1 amide bonds. The largest absolute Gasteiger partial charge is 0.497 e. The molecule has 1 saturated heterocycles. The number of ether oxygens (including phenoxy) is 2. The third kappa shape index (κ3) is 4.38. The summed E-state index contributed by atoms with van der Waals surface area (Å²) in [4.78, 5) is 13.9. The van der Waals surface area contributed by atoms with E-state index in [1.165, 1.54) is 0 Å². The van der Waals surface area contributed by atoms with E-state index in [4.69, 9.17) is 9.47 Å². The molecular weight excluding hydrogens is 316 g/mol. The third-order valence-electron chi connectivity index (χ3n) is 4.44. The Morgan fingerprint density at radius 2 is 2.04 bits per heavy atom. The lowest BCUT2D eigenvalue weighted by atomic mass is 10.1. The van der Waals surface area contributed by atoms with Crippen molar-refractivity contribution in [3.63, 3.8) is 0 Å². The first-order chi connectivity index (χ1) is 12.2. The number of nitrogens with zero attached hydrogens (tertiary/aromatic N) is 1. The molecule has 1 fully saturated rings. The minimum atomic E-state index is -0.0361. The second-order valence-electron chi connectivity index (χ2n) is 6.18. The second-order valence-corrected chi connectivity index (χ2v) is 6.18. The highest BCUT2D eigenvalue weighted by atomic mass is 16.5. The number of carbonyl (C=O) groups excluding carboxylic acids is 1. The first-order valence-corrected chi connectivity index (χ1v) is 8.51. The monoisotopic (exact) mass is 340 g/mol. The van der Waals surface area contributed by atoms with Crippen LogP contribution in [0.4, 0.5) is 5.69 Å². The molecule has 5 heteroatoms. The van der Waals surface area contributed by atoms with E-state index in [-0.39, 0.29) is 24.7 Å². The summed E-state index contributed by atoms with van der Waals surface area (Å²) >= 11 is 0. The van der Waals surface area contributed by atoms with Crippen molar-refractivity contribution in [1.82, 2.24) is 5.32 Å². The lowest BCUT2D eigenvalue weighted by molar-refractivity contribution is -0.129. The third-order valence-corrected chi connectivity index (χ3v) is 4.44. The highest BCUT2D eigenvalue weighted by molar-refractivity contribution is 5.94. The fraction of sp³-hybridized carbons (Fsp3) is 0.350. The summed E-state index contributed by atoms with van der Waals surface area (Å²) < 4.78 is 11.0. The Morgan fingerprint density at radius 1 is 1.24 bits per heavy atom. The molecule has 0 aliphatic carbocycles. The Balaban J connectivity index is 1.58. The standard InChI is InChI=1S/C20H24N2O3/c1-15(16-7-6-10-18(11-16)24-2)21-12-19-13-22(20(23)14-25-19)17-8-4-3-5-9-17/h3-11,15,19,21H,12-14H2,1-2H3. The topological polar surface area (TPSA) is 50.8 Å². The zero-order valence-corrected chi connectivity index (χ0v) is 14.6. The quantitative estimate of drug-likeness (QED) is 0.878. The van der Waals surface area contributed by atoms with Gasteiger partial charge >= 0.3 is 0 Å². The lowest BCUT2D eigenvalue weighted by Crippen LogP contribution is -2.50. The Bertz CT molecular complexity index is 705. The van der Waals surface area contributed by atoms with Crippen molar-refractivity contribution in [3.05, 3.63) is 60.2 Å². The van der Waals surface area contributed by atoms with Gasteiger partial charge in [0.05, 0.1) is 19.8 Å². The molecule has 2 aromatic carbocycles. The van der Waals surface area contributed by atoms with E-state index in [0.717, 1.165) is 17.0 Å². The van der Waals surface area contributed by atoms with Crippen LogP contribution < -0.4 is 15.0 Å². The van der Waals surface area contributed by atoms with Crippen LogP contribution in [-0.4, -0.2) is 38.8 Å². The fourth-order valence-corrected chi connectivity index (χ4v) is 2.94. The first-order valence-electron chi connectivity index (χ1n) is 8.51. The zero-order chi connectivity index (χ0) is 17.6. The van der Waals surface area contributed by atoms with Gasteiger partial charge in [-0.3, -0.25) is 4.79 Å². The molecule has 1 heterocycles. The normalized spacial score (nSPS) is 18.9. The van der Waals surface area contributed by atoms with Gasteiger partial charge in [-0.05, 0) is 36.8 Å². The van der Waals surface area contributed by atoms with Crippen LogP contribution in [0.2, 0.25) is 0 Å². The van der Waals surface area contributed by atoms with Gasteiger partial charge in [0.15, 0.2) is 0 Å². The average Bonchev–Trinajstić information content (AvgIpc) is 2.67. The van der Waals surface area contributed by atoms with Gasteiger partial charge in [0.1, 0.15) is 12.4 Å². The summed E-state index contributed by atoms with van der Waals surface area (Å²) in [6.45, 7) is 3.46. The van der Waals surface area contributed by atoms with Gasteiger partial charge in [-0.25, -0.2) is 0 Å². The van der Waals surface area contributed by atoms with Crippen molar-refractivity contribution >= 4 is 11.6 Å². The number of rotatable bonds is 6. The summed E-state index contributed by atoms with van der Waals surface area (Å²) in [7, 11) is 1.67. The lowest BCUT2D eigenvalue weighted by Gasteiger charge is -2.33. The minimum Gasteiger partial charge on any atom is -0.497 e. The van der Waals surface area contributed by atoms with E-state index in [1.54, 1.807) is 12.0 Å². The highest BCUT2D eigenvalue weighted by Crippen LogP contribution is 2.20. The molecule has 2 unspecified atom stereocenters. The van der Waals surface area contributed by atoms with E-state index < -0.39 is 0 Å². The van der Waals surface area contributed by atoms with E-state index >= 15 is 0 Å². The number of anilines is 1. The van der Waals surface area contributed by atoms with Crippen molar-refractivity contribution in [2.24, 2.45) is 0 Å². The molecule has 1 aliphatic heterocycles. The van der Waals surface area contributed by atoms with Crippen LogP contribution in [0.15, 0.2) is 54.6 Å². The summed E-state index contributed by atoms with van der Waals surface area (Å²) in [5.74, 6) is 0.851. The van der Waals surface area contributed by atoms with Crippen molar-refractivity contribution in [1.29, 1.82) is 0 Å². The maximum Gasteiger partial charge on any atom is 0.253 e. The first kappa shape index (κ1) is 17.5. The Morgan fingerprint density at radius 3 is 2.80 bits per heavy atom. The van der Waals surface area contributed by atoms with Crippen LogP contribution in [0.1, 0.15) is 18.5 Å². The zero-order valence-electron chi connectivity index (χ0n) is 14.6. The van der Waals surface area contributed by atoms with Gasteiger partial charge in [-0.2, -0.15) is 0 Å². The molecule has 0 bridgehead atoms. The average molecular weight is 340 g/mol. The number of methoxy groups -OCH3 is 1. The fourth-order valence-electron chi connectivity index (χ4n) is 2.94. The number of hydrogen-bond acceptors (Lipinski definition) is 4. The number of nitrogens with one attached hydrogen (secondary N) is 1. The molecule has 0 spiro atoms. The SMILES string of the molecule is COc1cccc(C(C)NCC2CN(c3ccccc3)C(=O)CO2)c1. The number of amides is 1. The van der Waals surface area contributed by atoms with E-state index in [1.807, 2.05) is 48.5 Å². The summed E-state index contributed by atoms with van der Waals surface area (Å²) in [5, 5.41) is 3.49. The molecule has 25 heavy (non-hydrogen) atoms. The van der Waals surface area contributed by atoms with Crippen molar-refractivity contribution in [2.75, 3.05) is 31.7 Å². The van der Waals surface area contributed by atoms with Crippen molar-refractivity contribution in [2.45, 2.75) is 19.1 Å². The molecular formula is C20H24N2O3. The van der Waals surface area contributed by atoms with Crippen LogP contribution in [0.3, 0.4) is 0 Å². The van der Waals surface area contributed by atoms with Crippen LogP contribution in [-0.2, 0) is 9.53 Å². The predicted molar refractivity (Wildman–Crippen MR) is 97.9 cm³/mol. The second kappa shape index (κ2) is 8.14. The van der Waals surface area contributed by atoms with Crippen LogP contribution in [0, 0.1) is 0 Å². The number of hydrogen-bond donors (Lipinski definition) is 1. The number of morpholine rings is 1. The van der Waals surface area contributed by atoms with Crippen LogP contribution in [0.5, 0.6) is 5.75 Å². The predicted octanol–water partition coefficient (Wildman–Crippen LogP) is 2.78. The molecule has 0 aromatic heterocycles. The molecule has 3 rings (SSSR count). The van der Waals surface area contributed by atoms with Gasteiger partial charge in [0.25, 0.3) is 5.91 Å². The van der Waals surface area contributed by atoms with Gasteiger partial charge in [-0.15, -0.1) is 0 Å². The summed E-state index contributed by atoms with van der Waals surface area (Å²) in [6.07, 6.45) is -0.0361. The van der Waals surface area contributed by atoms with Crippen LogP contribution >= 0.6 is 0 Å². The smallest absolute Gasteiger partial charge is 0.253 e. The molecule has 2 atom stereocenters. The summed E-state index contributed by atoms with van der Waals surface area (Å²) in [5.41, 5.74) is 2.08. The Kier molecular flexibility index (Phi) is 5.68. The van der Waals surface area contributed by atoms with Crippen LogP contribution in [0.25, 0.3) is 0 Å². The Labute approximate surface area is 148 Å². The number of para-hydroxylation sites is 1. The van der Waals surface area contributed by atoms with Gasteiger partial charge in [0, 0.05) is 18.3 Å². The Hall–Kier alpha value is -2.37. The molecule has 132 valence electrons.